The van der Waals surface area contributed by atoms with Crippen molar-refractivity contribution in [2.24, 2.45) is 0 Å². The lowest BCUT2D eigenvalue weighted by Crippen LogP contribution is -2.43. The summed E-state index contributed by atoms with van der Waals surface area (Å²) in [5, 5.41) is 8.81. The Morgan fingerprint density at radius 1 is 1.32 bits per heavy atom. The summed E-state index contributed by atoms with van der Waals surface area (Å²) in [5.41, 5.74) is 7.60. The highest BCUT2D eigenvalue weighted by atomic mass is 32.2. The van der Waals surface area contributed by atoms with Crippen LogP contribution in [0.15, 0.2) is 47.4 Å². The number of benzene rings is 2. The molecule has 0 aliphatic carbocycles. The zero-order chi connectivity index (χ0) is 18.0. The van der Waals surface area contributed by atoms with Crippen LogP contribution in [-0.2, 0) is 10.0 Å². The van der Waals surface area contributed by atoms with Gasteiger partial charge in [0.05, 0.1) is 23.2 Å². The molecular weight excluding hydrogens is 338 g/mol. The largest absolute Gasteiger partial charge is 0.486 e. The minimum absolute atomic E-state index is 0.147. The van der Waals surface area contributed by atoms with Crippen molar-refractivity contribution in [3.05, 3.63) is 48.0 Å². The topological polar surface area (TPSA) is 96.4 Å². The molecule has 0 saturated carbocycles. The van der Waals surface area contributed by atoms with E-state index in [1.54, 1.807) is 36.4 Å². The average molecular weight is 357 g/mol. The van der Waals surface area contributed by atoms with E-state index < -0.39 is 10.0 Å². The van der Waals surface area contributed by atoms with E-state index in [1.165, 1.54) is 4.31 Å². The quantitative estimate of drug-likeness (QED) is 0.849. The molecule has 0 unspecified atom stereocenters. The smallest absolute Gasteiger partial charge is 0.264 e. The predicted octanol–water partition coefficient (Wildman–Crippen LogP) is 2.84. The monoisotopic (exact) mass is 357 g/mol. The zero-order valence-corrected chi connectivity index (χ0v) is 14.7. The third kappa shape index (κ3) is 3.39. The number of nitrogen functional groups attached to an aromatic ring is 1. The molecule has 1 heterocycles. The third-order valence-electron chi connectivity index (χ3n) is 4.07. The lowest BCUT2D eigenvalue weighted by atomic mass is 10.1. The molecule has 6 nitrogen and oxygen atoms in total. The molecule has 25 heavy (non-hydrogen) atoms. The molecular formula is C18H19N3O3S. The number of aryl methyl sites for hydroxylation is 1. The van der Waals surface area contributed by atoms with Crippen molar-refractivity contribution in [1.82, 2.24) is 0 Å². The van der Waals surface area contributed by atoms with Gasteiger partial charge < -0.3 is 10.5 Å². The van der Waals surface area contributed by atoms with Crippen LogP contribution < -0.4 is 14.8 Å². The zero-order valence-electron chi connectivity index (χ0n) is 13.8. The van der Waals surface area contributed by atoms with Gasteiger partial charge in [0.2, 0.25) is 0 Å². The van der Waals surface area contributed by atoms with Crippen LogP contribution in [0.25, 0.3) is 0 Å². The molecule has 3 rings (SSSR count). The summed E-state index contributed by atoms with van der Waals surface area (Å²) in [6.45, 7) is 1.99. The van der Waals surface area contributed by atoms with Gasteiger partial charge in [-0.1, -0.05) is 12.1 Å². The van der Waals surface area contributed by atoms with Gasteiger partial charge in [0.25, 0.3) is 10.0 Å². The van der Waals surface area contributed by atoms with Crippen LogP contribution in [-0.4, -0.2) is 21.1 Å². The SMILES string of the molecule is Cc1cccc(S(=O)(=O)N2C[C@H](CCC#N)Oc3ccc(N)cc32)c1. The fourth-order valence-electron chi connectivity index (χ4n) is 2.84. The Morgan fingerprint density at radius 3 is 2.84 bits per heavy atom. The van der Waals surface area contributed by atoms with Gasteiger partial charge in [0, 0.05) is 12.1 Å². The summed E-state index contributed by atoms with van der Waals surface area (Å²) in [6, 6.07) is 13.8. The molecule has 0 aromatic heterocycles. The van der Waals surface area contributed by atoms with Crippen molar-refractivity contribution in [2.75, 3.05) is 16.6 Å². The molecule has 0 spiro atoms. The first-order chi connectivity index (χ1) is 11.9. The van der Waals surface area contributed by atoms with Gasteiger partial charge >= 0.3 is 0 Å². The molecule has 1 aliphatic heterocycles. The number of hydrogen-bond acceptors (Lipinski definition) is 5. The molecule has 0 fully saturated rings. The highest BCUT2D eigenvalue weighted by Crippen LogP contribution is 2.39. The number of ether oxygens (including phenoxy) is 1. The highest BCUT2D eigenvalue weighted by molar-refractivity contribution is 7.92. The first-order valence-corrected chi connectivity index (χ1v) is 9.38. The van der Waals surface area contributed by atoms with Crippen LogP contribution in [0.3, 0.4) is 0 Å². The number of anilines is 2. The molecule has 2 N–H and O–H groups in total. The molecule has 130 valence electrons. The van der Waals surface area contributed by atoms with E-state index in [2.05, 4.69) is 6.07 Å². The summed E-state index contributed by atoms with van der Waals surface area (Å²) in [4.78, 5) is 0.224. The maximum atomic E-state index is 13.2. The number of nitriles is 1. The third-order valence-corrected chi connectivity index (χ3v) is 5.85. The summed E-state index contributed by atoms with van der Waals surface area (Å²) >= 11 is 0. The number of hydrogen-bond donors (Lipinski definition) is 1. The van der Waals surface area contributed by atoms with Gasteiger partial charge in [-0.3, -0.25) is 4.31 Å². The van der Waals surface area contributed by atoms with E-state index in [9.17, 15) is 8.42 Å². The second-order valence-electron chi connectivity index (χ2n) is 6.02. The van der Waals surface area contributed by atoms with E-state index in [-0.39, 0.29) is 17.5 Å². The summed E-state index contributed by atoms with van der Waals surface area (Å²) in [6.07, 6.45) is 0.378. The summed E-state index contributed by atoms with van der Waals surface area (Å²) in [5.74, 6) is 0.458. The molecule has 2 aromatic rings. The fraction of sp³-hybridized carbons (Fsp3) is 0.278. The highest BCUT2D eigenvalue weighted by Gasteiger charge is 2.34. The van der Waals surface area contributed by atoms with Gasteiger partial charge in [-0.05, 0) is 49.2 Å². The van der Waals surface area contributed by atoms with Crippen LogP contribution >= 0.6 is 0 Å². The minimum atomic E-state index is -3.76. The van der Waals surface area contributed by atoms with Crippen LogP contribution in [0.5, 0.6) is 5.75 Å². The average Bonchev–Trinajstić information content (AvgIpc) is 2.59. The van der Waals surface area contributed by atoms with Crippen molar-refractivity contribution in [3.63, 3.8) is 0 Å². The van der Waals surface area contributed by atoms with Crippen LogP contribution in [0.1, 0.15) is 18.4 Å². The van der Waals surface area contributed by atoms with Crippen molar-refractivity contribution in [2.45, 2.75) is 30.8 Å². The lowest BCUT2D eigenvalue weighted by molar-refractivity contribution is 0.191. The van der Waals surface area contributed by atoms with Crippen molar-refractivity contribution in [1.29, 1.82) is 5.26 Å². The second kappa shape index (κ2) is 6.65. The van der Waals surface area contributed by atoms with Crippen molar-refractivity contribution in [3.8, 4) is 11.8 Å². The van der Waals surface area contributed by atoms with Gasteiger partial charge in [0.15, 0.2) is 0 Å². The molecule has 2 aromatic carbocycles. The number of fused-ring (bicyclic) bond motifs is 1. The maximum Gasteiger partial charge on any atom is 0.264 e. The number of sulfonamides is 1. The van der Waals surface area contributed by atoms with E-state index in [1.807, 2.05) is 13.0 Å². The second-order valence-corrected chi connectivity index (χ2v) is 7.88. The van der Waals surface area contributed by atoms with E-state index >= 15 is 0 Å². The fourth-order valence-corrected chi connectivity index (χ4v) is 4.44. The van der Waals surface area contributed by atoms with Gasteiger partial charge in [0.1, 0.15) is 11.9 Å². The van der Waals surface area contributed by atoms with Crippen LogP contribution in [0.4, 0.5) is 11.4 Å². The maximum absolute atomic E-state index is 13.2. The number of nitrogens with two attached hydrogens (primary N) is 1. The van der Waals surface area contributed by atoms with Crippen LogP contribution in [0.2, 0.25) is 0 Å². The molecule has 0 saturated heterocycles. The number of rotatable bonds is 4. The molecule has 0 bridgehead atoms. The Kier molecular flexibility index (Phi) is 4.55. The standard InChI is InChI=1S/C18H19N3O3S/c1-13-4-2-6-16(10-13)25(22,23)21-12-15(5-3-9-19)24-18-8-7-14(20)11-17(18)21/h2,4,6-8,10-11,15H,3,5,12,20H2,1H3/t15-/m0/s1. The first kappa shape index (κ1) is 17.1. The Hall–Kier alpha value is -2.72. The summed E-state index contributed by atoms with van der Waals surface area (Å²) in [7, 11) is -3.76. The van der Waals surface area contributed by atoms with E-state index in [4.69, 9.17) is 15.7 Å². The van der Waals surface area contributed by atoms with E-state index in [0.29, 0.717) is 30.0 Å². The Labute approximate surface area is 147 Å². The van der Waals surface area contributed by atoms with Crippen LogP contribution in [0, 0.1) is 18.3 Å². The molecule has 1 aliphatic rings. The molecule has 0 radical (unpaired) electrons. The predicted molar refractivity (Wildman–Crippen MR) is 95.8 cm³/mol. The molecule has 1 atom stereocenters. The first-order valence-electron chi connectivity index (χ1n) is 7.94. The summed E-state index contributed by atoms with van der Waals surface area (Å²) < 4.78 is 33.6. The van der Waals surface area contributed by atoms with Crippen molar-refractivity contribution < 1.29 is 13.2 Å². The van der Waals surface area contributed by atoms with E-state index in [0.717, 1.165) is 5.56 Å². The van der Waals surface area contributed by atoms with Gasteiger partial charge in [-0.2, -0.15) is 5.26 Å². The van der Waals surface area contributed by atoms with Gasteiger partial charge in [-0.15, -0.1) is 0 Å². The molecule has 7 heteroatoms. The normalized spacial score (nSPS) is 16.6. The lowest BCUT2D eigenvalue weighted by Gasteiger charge is -2.35. The minimum Gasteiger partial charge on any atom is -0.486 e. The Bertz CT molecular complexity index is 935. The molecule has 0 amide bonds. The number of nitrogens with zero attached hydrogens (tertiary/aromatic N) is 2. The van der Waals surface area contributed by atoms with Gasteiger partial charge in [-0.25, -0.2) is 8.42 Å². The van der Waals surface area contributed by atoms with Crippen molar-refractivity contribution >= 4 is 21.4 Å². The Balaban J connectivity index is 2.07. The Morgan fingerprint density at radius 2 is 2.12 bits per heavy atom.